The molecule has 1 aliphatic heterocycles. The third kappa shape index (κ3) is 4.44. The maximum Gasteiger partial charge on any atom is 0.274 e. The van der Waals surface area contributed by atoms with Gasteiger partial charge >= 0.3 is 0 Å². The number of hydrogen-bond acceptors (Lipinski definition) is 6. The Morgan fingerprint density at radius 1 is 1.44 bits per heavy atom. The van der Waals surface area contributed by atoms with Crippen LogP contribution in [-0.4, -0.2) is 89.0 Å². The zero-order valence-corrected chi connectivity index (χ0v) is 14.6. The number of aromatic nitrogens is 1. The molecule has 1 saturated heterocycles. The minimum atomic E-state index is -0.644. The number of aromatic hydroxyl groups is 1. The standard InChI is InChI=1S/C16H23N5O4/c1-11-16(25)20(8-7-19(2)3)10-21(11)13(23)9-18-15(24)14-12(22)5-4-6-17-14/h4-6,11,22H,7-10H2,1-3H3,(H,18,24). The van der Waals surface area contributed by atoms with Gasteiger partial charge in [-0.2, -0.15) is 0 Å². The molecule has 0 aromatic carbocycles. The molecule has 0 saturated carbocycles. The van der Waals surface area contributed by atoms with Crippen molar-refractivity contribution in [3.63, 3.8) is 0 Å². The van der Waals surface area contributed by atoms with Crippen LogP contribution >= 0.6 is 0 Å². The van der Waals surface area contributed by atoms with Gasteiger partial charge < -0.3 is 25.1 Å². The minimum Gasteiger partial charge on any atom is -0.505 e. The van der Waals surface area contributed by atoms with Gasteiger partial charge in [-0.3, -0.25) is 14.4 Å². The molecule has 1 fully saturated rings. The molecule has 9 heteroatoms. The van der Waals surface area contributed by atoms with Gasteiger partial charge in [0.05, 0.1) is 13.2 Å². The fraction of sp³-hybridized carbons (Fsp3) is 0.500. The van der Waals surface area contributed by atoms with E-state index in [2.05, 4.69) is 10.3 Å². The van der Waals surface area contributed by atoms with Crippen LogP contribution < -0.4 is 5.32 Å². The third-order valence-corrected chi connectivity index (χ3v) is 4.00. The molecule has 2 rings (SSSR count). The first-order valence-electron chi connectivity index (χ1n) is 7.96. The number of carbonyl (C=O) groups excluding carboxylic acids is 3. The average molecular weight is 349 g/mol. The molecule has 136 valence electrons. The molecule has 25 heavy (non-hydrogen) atoms. The molecule has 0 bridgehead atoms. The van der Waals surface area contributed by atoms with Crippen LogP contribution in [0.2, 0.25) is 0 Å². The summed E-state index contributed by atoms with van der Waals surface area (Å²) in [7, 11) is 3.82. The Morgan fingerprint density at radius 3 is 2.80 bits per heavy atom. The van der Waals surface area contributed by atoms with Crippen LogP contribution in [0.3, 0.4) is 0 Å². The summed E-state index contributed by atoms with van der Waals surface area (Å²) in [5.74, 6) is -1.37. The van der Waals surface area contributed by atoms with Crippen LogP contribution in [0, 0.1) is 0 Å². The van der Waals surface area contributed by atoms with E-state index in [4.69, 9.17) is 0 Å². The highest BCUT2D eigenvalue weighted by Crippen LogP contribution is 2.15. The van der Waals surface area contributed by atoms with Crippen LogP contribution in [0.1, 0.15) is 17.4 Å². The maximum absolute atomic E-state index is 12.3. The molecule has 0 spiro atoms. The Labute approximate surface area is 146 Å². The van der Waals surface area contributed by atoms with Crippen molar-refractivity contribution in [3.05, 3.63) is 24.0 Å². The van der Waals surface area contributed by atoms with E-state index < -0.39 is 11.9 Å². The molecule has 1 aliphatic rings. The van der Waals surface area contributed by atoms with Crippen LogP contribution in [0.5, 0.6) is 5.75 Å². The molecule has 0 radical (unpaired) electrons. The monoisotopic (exact) mass is 349 g/mol. The predicted octanol–water partition coefficient (Wildman–Crippen LogP) is -0.905. The highest BCUT2D eigenvalue weighted by atomic mass is 16.3. The lowest BCUT2D eigenvalue weighted by molar-refractivity contribution is -0.134. The molecule has 1 aromatic rings. The van der Waals surface area contributed by atoms with Crippen molar-refractivity contribution in [2.45, 2.75) is 13.0 Å². The lowest BCUT2D eigenvalue weighted by Gasteiger charge is -2.20. The molecular weight excluding hydrogens is 326 g/mol. The molecular formula is C16H23N5O4. The molecule has 1 aromatic heterocycles. The summed E-state index contributed by atoms with van der Waals surface area (Å²) in [6.07, 6.45) is 1.38. The molecule has 1 unspecified atom stereocenters. The first-order chi connectivity index (χ1) is 11.8. The summed E-state index contributed by atoms with van der Waals surface area (Å²) in [6, 6.07) is 2.28. The summed E-state index contributed by atoms with van der Waals surface area (Å²) >= 11 is 0. The van der Waals surface area contributed by atoms with E-state index in [0.717, 1.165) is 0 Å². The predicted molar refractivity (Wildman–Crippen MR) is 89.7 cm³/mol. The van der Waals surface area contributed by atoms with Gasteiger partial charge in [0, 0.05) is 19.3 Å². The topological polar surface area (TPSA) is 106 Å². The van der Waals surface area contributed by atoms with Crippen LogP contribution in [0.4, 0.5) is 0 Å². The van der Waals surface area contributed by atoms with Crippen molar-refractivity contribution < 1.29 is 19.5 Å². The van der Waals surface area contributed by atoms with Crippen molar-refractivity contribution in [1.29, 1.82) is 0 Å². The minimum absolute atomic E-state index is 0.108. The van der Waals surface area contributed by atoms with E-state index in [1.807, 2.05) is 19.0 Å². The van der Waals surface area contributed by atoms with Gasteiger partial charge in [-0.1, -0.05) is 0 Å². The number of hydrogen-bond donors (Lipinski definition) is 2. The zero-order valence-electron chi connectivity index (χ0n) is 14.6. The Morgan fingerprint density at radius 2 is 2.16 bits per heavy atom. The van der Waals surface area contributed by atoms with Gasteiger partial charge in [0.1, 0.15) is 11.8 Å². The van der Waals surface area contributed by atoms with E-state index in [9.17, 15) is 19.5 Å². The number of likely N-dealkylation sites (N-methyl/N-ethyl adjacent to an activating group) is 1. The second kappa shape index (κ2) is 7.93. The maximum atomic E-state index is 12.3. The fourth-order valence-electron chi connectivity index (χ4n) is 2.48. The van der Waals surface area contributed by atoms with Crippen LogP contribution in [0.15, 0.2) is 18.3 Å². The number of carbonyl (C=O) groups is 3. The third-order valence-electron chi connectivity index (χ3n) is 4.00. The number of rotatable bonds is 6. The van der Waals surface area contributed by atoms with E-state index >= 15 is 0 Å². The second-order valence-corrected chi connectivity index (χ2v) is 6.14. The largest absolute Gasteiger partial charge is 0.505 e. The number of pyridine rings is 1. The molecule has 2 N–H and O–H groups in total. The first kappa shape index (κ1) is 18.7. The molecule has 3 amide bonds. The van der Waals surface area contributed by atoms with E-state index in [1.54, 1.807) is 11.8 Å². The SMILES string of the molecule is CC1C(=O)N(CCN(C)C)CN1C(=O)CNC(=O)c1ncccc1O. The Kier molecular flexibility index (Phi) is 5.92. The smallest absolute Gasteiger partial charge is 0.274 e. The fourth-order valence-corrected chi connectivity index (χ4v) is 2.48. The van der Waals surface area contributed by atoms with Crippen molar-refractivity contribution in [1.82, 2.24) is 25.0 Å². The summed E-state index contributed by atoms with van der Waals surface area (Å²) in [5, 5.41) is 12.0. The van der Waals surface area contributed by atoms with E-state index in [1.165, 1.54) is 23.2 Å². The molecule has 9 nitrogen and oxygen atoms in total. The summed E-state index contributed by atoms with van der Waals surface area (Å²) in [5.41, 5.74) is -0.145. The lowest BCUT2D eigenvalue weighted by atomic mass is 10.3. The summed E-state index contributed by atoms with van der Waals surface area (Å²) < 4.78 is 0. The molecule has 2 heterocycles. The van der Waals surface area contributed by atoms with Gasteiger partial charge in [-0.15, -0.1) is 0 Å². The highest BCUT2D eigenvalue weighted by molar-refractivity contribution is 5.98. The number of amides is 3. The van der Waals surface area contributed by atoms with Gasteiger partial charge in [0.25, 0.3) is 5.91 Å². The Bertz CT molecular complexity index is 664. The van der Waals surface area contributed by atoms with Gasteiger partial charge in [0.2, 0.25) is 11.8 Å². The van der Waals surface area contributed by atoms with E-state index in [0.29, 0.717) is 13.1 Å². The second-order valence-electron chi connectivity index (χ2n) is 6.14. The van der Waals surface area contributed by atoms with Crippen molar-refractivity contribution in [2.75, 3.05) is 40.4 Å². The van der Waals surface area contributed by atoms with Crippen LogP contribution in [0.25, 0.3) is 0 Å². The molecule has 1 atom stereocenters. The summed E-state index contributed by atoms with van der Waals surface area (Å²) in [4.78, 5) is 45.3. The van der Waals surface area contributed by atoms with Crippen molar-refractivity contribution >= 4 is 17.7 Å². The van der Waals surface area contributed by atoms with Gasteiger partial charge in [-0.05, 0) is 33.2 Å². The quantitative estimate of drug-likeness (QED) is 0.689. The number of nitrogens with one attached hydrogen (secondary N) is 1. The lowest BCUT2D eigenvalue weighted by Crippen LogP contribution is -2.43. The highest BCUT2D eigenvalue weighted by Gasteiger charge is 2.37. The summed E-state index contributed by atoms with van der Waals surface area (Å²) in [6.45, 7) is 2.85. The Balaban J connectivity index is 1.91. The average Bonchev–Trinajstić information content (AvgIpc) is 2.86. The van der Waals surface area contributed by atoms with Gasteiger partial charge in [0.15, 0.2) is 5.69 Å². The normalized spacial score (nSPS) is 17.3. The number of nitrogens with zero attached hydrogens (tertiary/aromatic N) is 4. The van der Waals surface area contributed by atoms with Crippen molar-refractivity contribution in [3.8, 4) is 5.75 Å². The molecule has 0 aliphatic carbocycles. The van der Waals surface area contributed by atoms with E-state index in [-0.39, 0.29) is 36.5 Å². The van der Waals surface area contributed by atoms with Crippen molar-refractivity contribution in [2.24, 2.45) is 0 Å². The first-order valence-corrected chi connectivity index (χ1v) is 7.96. The van der Waals surface area contributed by atoms with Gasteiger partial charge in [-0.25, -0.2) is 4.98 Å². The zero-order chi connectivity index (χ0) is 18.6. The van der Waals surface area contributed by atoms with Crippen LogP contribution in [-0.2, 0) is 9.59 Å². The Hall–Kier alpha value is -2.68.